The summed E-state index contributed by atoms with van der Waals surface area (Å²) in [6, 6.07) is 13.7. The number of nitro benzene ring substituents is 1. The van der Waals surface area contributed by atoms with Crippen LogP contribution in [0.25, 0.3) is 0 Å². The van der Waals surface area contributed by atoms with E-state index in [-0.39, 0.29) is 30.1 Å². The molecule has 3 N–H and O–H groups in total. The van der Waals surface area contributed by atoms with E-state index in [1.54, 1.807) is 26.0 Å². The molecular formula is C18H21N3O3. The van der Waals surface area contributed by atoms with E-state index in [0.717, 1.165) is 5.56 Å². The third kappa shape index (κ3) is 4.39. The van der Waals surface area contributed by atoms with E-state index in [9.17, 15) is 14.9 Å². The number of amides is 1. The number of carbonyl (C=O) groups is 1. The van der Waals surface area contributed by atoms with Crippen molar-refractivity contribution < 1.29 is 9.72 Å². The van der Waals surface area contributed by atoms with Crippen LogP contribution in [0.2, 0.25) is 0 Å². The Morgan fingerprint density at radius 1 is 1.21 bits per heavy atom. The molecular weight excluding hydrogens is 306 g/mol. The summed E-state index contributed by atoms with van der Waals surface area (Å²) in [5.74, 6) is -0.193. The van der Waals surface area contributed by atoms with Gasteiger partial charge in [0.2, 0.25) is 5.91 Å². The molecule has 0 aliphatic heterocycles. The highest BCUT2D eigenvalue weighted by Crippen LogP contribution is 2.23. The lowest BCUT2D eigenvalue weighted by atomic mass is 10.0. The molecule has 2 unspecified atom stereocenters. The summed E-state index contributed by atoms with van der Waals surface area (Å²) in [6.07, 6.45) is 0.155. The molecule has 2 aromatic carbocycles. The Labute approximate surface area is 140 Å². The van der Waals surface area contributed by atoms with Crippen LogP contribution < -0.4 is 11.1 Å². The van der Waals surface area contributed by atoms with Crippen LogP contribution in [0, 0.1) is 17.0 Å². The molecule has 1 amide bonds. The number of hydrogen-bond acceptors (Lipinski definition) is 4. The summed E-state index contributed by atoms with van der Waals surface area (Å²) in [5, 5.41) is 13.9. The number of rotatable bonds is 6. The number of carbonyl (C=O) groups excluding carboxylic acids is 1. The molecule has 0 aliphatic rings. The van der Waals surface area contributed by atoms with Crippen molar-refractivity contribution in [3.8, 4) is 0 Å². The summed E-state index contributed by atoms with van der Waals surface area (Å²) in [5.41, 5.74) is 8.27. The van der Waals surface area contributed by atoms with Gasteiger partial charge in [-0.3, -0.25) is 14.9 Å². The van der Waals surface area contributed by atoms with Crippen LogP contribution in [0.15, 0.2) is 48.5 Å². The Morgan fingerprint density at radius 3 is 2.50 bits per heavy atom. The van der Waals surface area contributed by atoms with Crippen LogP contribution in [0.5, 0.6) is 0 Å². The Morgan fingerprint density at radius 2 is 1.88 bits per heavy atom. The van der Waals surface area contributed by atoms with E-state index in [1.165, 1.54) is 6.07 Å². The van der Waals surface area contributed by atoms with Gasteiger partial charge in [0.15, 0.2) is 0 Å². The summed E-state index contributed by atoms with van der Waals surface area (Å²) in [4.78, 5) is 22.8. The summed E-state index contributed by atoms with van der Waals surface area (Å²) in [6.45, 7) is 3.48. The van der Waals surface area contributed by atoms with Gasteiger partial charge in [-0.2, -0.15) is 0 Å². The van der Waals surface area contributed by atoms with Crippen molar-refractivity contribution in [2.24, 2.45) is 5.73 Å². The molecule has 0 saturated heterocycles. The Kier molecular flexibility index (Phi) is 5.65. The fourth-order valence-corrected chi connectivity index (χ4v) is 2.49. The average Bonchev–Trinajstić information content (AvgIpc) is 2.55. The lowest BCUT2D eigenvalue weighted by molar-refractivity contribution is -0.385. The van der Waals surface area contributed by atoms with Crippen LogP contribution in [0.1, 0.15) is 42.1 Å². The van der Waals surface area contributed by atoms with Gasteiger partial charge in [0, 0.05) is 24.1 Å². The molecule has 0 aliphatic carbocycles. The molecule has 2 aromatic rings. The van der Waals surface area contributed by atoms with Crippen molar-refractivity contribution in [2.75, 3.05) is 0 Å². The summed E-state index contributed by atoms with van der Waals surface area (Å²) in [7, 11) is 0. The minimum Gasteiger partial charge on any atom is -0.350 e. The molecule has 0 fully saturated rings. The third-order valence-corrected chi connectivity index (χ3v) is 3.94. The normalized spacial score (nSPS) is 13.1. The molecule has 0 heterocycles. The van der Waals surface area contributed by atoms with Crippen LogP contribution in [0.3, 0.4) is 0 Å². The molecule has 0 saturated carbocycles. The van der Waals surface area contributed by atoms with E-state index in [0.29, 0.717) is 11.1 Å². The Bertz CT molecular complexity index is 732. The van der Waals surface area contributed by atoms with Crippen LogP contribution in [-0.2, 0) is 4.79 Å². The SMILES string of the molecule is Cc1ccc(C(C)NC(=O)CC(N)c2ccccc2)cc1[N+](=O)[O-]. The van der Waals surface area contributed by atoms with Gasteiger partial charge >= 0.3 is 0 Å². The van der Waals surface area contributed by atoms with Gasteiger partial charge in [-0.1, -0.05) is 42.5 Å². The molecule has 24 heavy (non-hydrogen) atoms. The largest absolute Gasteiger partial charge is 0.350 e. The van der Waals surface area contributed by atoms with Crippen molar-refractivity contribution in [1.29, 1.82) is 0 Å². The maximum Gasteiger partial charge on any atom is 0.272 e. The van der Waals surface area contributed by atoms with Crippen LogP contribution in [-0.4, -0.2) is 10.8 Å². The molecule has 0 aromatic heterocycles. The topological polar surface area (TPSA) is 98.3 Å². The molecule has 0 bridgehead atoms. The molecule has 0 spiro atoms. The van der Waals surface area contributed by atoms with Gasteiger partial charge in [-0.25, -0.2) is 0 Å². The molecule has 126 valence electrons. The first-order valence-electron chi connectivity index (χ1n) is 7.73. The first kappa shape index (κ1) is 17.6. The minimum absolute atomic E-state index is 0.0505. The molecule has 6 heteroatoms. The van der Waals surface area contributed by atoms with E-state index < -0.39 is 4.92 Å². The third-order valence-electron chi connectivity index (χ3n) is 3.94. The number of nitro groups is 1. The van der Waals surface area contributed by atoms with E-state index >= 15 is 0 Å². The van der Waals surface area contributed by atoms with Gasteiger partial charge in [-0.05, 0) is 25.0 Å². The second-order valence-corrected chi connectivity index (χ2v) is 5.81. The van der Waals surface area contributed by atoms with Crippen molar-refractivity contribution in [1.82, 2.24) is 5.32 Å². The highest BCUT2D eigenvalue weighted by atomic mass is 16.6. The summed E-state index contributed by atoms with van der Waals surface area (Å²) < 4.78 is 0. The van der Waals surface area contributed by atoms with Gasteiger partial charge in [0.25, 0.3) is 5.69 Å². The number of benzene rings is 2. The van der Waals surface area contributed by atoms with Crippen LogP contribution >= 0.6 is 0 Å². The lowest BCUT2D eigenvalue weighted by Gasteiger charge is -2.17. The minimum atomic E-state index is -0.418. The number of hydrogen-bond donors (Lipinski definition) is 2. The van der Waals surface area contributed by atoms with Crippen LogP contribution in [0.4, 0.5) is 5.69 Å². The number of aryl methyl sites for hydroxylation is 1. The zero-order chi connectivity index (χ0) is 17.7. The van der Waals surface area contributed by atoms with Gasteiger partial charge in [-0.15, -0.1) is 0 Å². The monoisotopic (exact) mass is 327 g/mol. The summed E-state index contributed by atoms with van der Waals surface area (Å²) >= 11 is 0. The van der Waals surface area contributed by atoms with E-state index in [4.69, 9.17) is 5.73 Å². The smallest absolute Gasteiger partial charge is 0.272 e. The van der Waals surface area contributed by atoms with Gasteiger partial charge < -0.3 is 11.1 Å². The molecule has 6 nitrogen and oxygen atoms in total. The quantitative estimate of drug-likeness (QED) is 0.629. The fourth-order valence-electron chi connectivity index (χ4n) is 2.49. The van der Waals surface area contributed by atoms with E-state index in [1.807, 2.05) is 30.3 Å². The Balaban J connectivity index is 2.01. The standard InChI is InChI=1S/C18H21N3O3/c1-12-8-9-15(10-17(12)21(23)24)13(2)20-18(22)11-16(19)14-6-4-3-5-7-14/h3-10,13,16H,11,19H2,1-2H3,(H,20,22). The maximum atomic E-state index is 12.2. The predicted molar refractivity (Wildman–Crippen MR) is 92.4 cm³/mol. The average molecular weight is 327 g/mol. The second kappa shape index (κ2) is 7.70. The zero-order valence-electron chi connectivity index (χ0n) is 13.7. The highest BCUT2D eigenvalue weighted by Gasteiger charge is 2.17. The maximum absolute atomic E-state index is 12.2. The predicted octanol–water partition coefficient (Wildman–Crippen LogP) is 3.17. The number of nitrogens with two attached hydrogens (primary N) is 1. The first-order valence-corrected chi connectivity index (χ1v) is 7.73. The second-order valence-electron chi connectivity index (χ2n) is 5.81. The molecule has 2 atom stereocenters. The zero-order valence-corrected chi connectivity index (χ0v) is 13.7. The number of nitrogens with zero attached hydrogens (tertiary/aromatic N) is 1. The van der Waals surface area contributed by atoms with Crippen molar-refractivity contribution in [3.63, 3.8) is 0 Å². The van der Waals surface area contributed by atoms with Crippen molar-refractivity contribution in [3.05, 3.63) is 75.3 Å². The fraction of sp³-hybridized carbons (Fsp3) is 0.278. The first-order chi connectivity index (χ1) is 11.4. The van der Waals surface area contributed by atoms with Gasteiger partial charge in [0.05, 0.1) is 11.0 Å². The Hall–Kier alpha value is -2.73. The molecule has 2 rings (SSSR count). The van der Waals surface area contributed by atoms with Crippen molar-refractivity contribution >= 4 is 11.6 Å². The highest BCUT2D eigenvalue weighted by molar-refractivity contribution is 5.77. The lowest BCUT2D eigenvalue weighted by Crippen LogP contribution is -2.29. The van der Waals surface area contributed by atoms with E-state index in [2.05, 4.69) is 5.32 Å². The number of nitrogens with one attached hydrogen (secondary N) is 1. The van der Waals surface area contributed by atoms with Gasteiger partial charge in [0.1, 0.15) is 0 Å². The van der Waals surface area contributed by atoms with Crippen molar-refractivity contribution in [2.45, 2.75) is 32.4 Å². The molecule has 0 radical (unpaired) electrons.